The van der Waals surface area contributed by atoms with Crippen LogP contribution in [0.1, 0.15) is 0 Å². The third-order valence-corrected chi connectivity index (χ3v) is 0.496. The zero-order chi connectivity index (χ0) is 3.54. The highest BCUT2D eigenvalue weighted by Crippen LogP contribution is 1.72. The highest BCUT2D eigenvalue weighted by Gasteiger charge is 1.55. The number of H-pyrrole nitrogens is 1. The van der Waals surface area contributed by atoms with Crippen LogP contribution < -0.4 is 0 Å². The van der Waals surface area contributed by atoms with Crippen molar-refractivity contribution in [1.82, 2.24) is 4.98 Å². The summed E-state index contributed by atoms with van der Waals surface area (Å²) in [7, 11) is 0. The molecule has 3 heteroatoms. The van der Waals surface area contributed by atoms with Gasteiger partial charge in [0, 0.05) is 12.4 Å². The molecule has 0 amide bonds. The highest BCUT2D eigenvalue weighted by molar-refractivity contribution is 7.59. The van der Waals surface area contributed by atoms with Crippen molar-refractivity contribution in [1.29, 1.82) is 0 Å². The molecule has 1 heterocycles. The summed E-state index contributed by atoms with van der Waals surface area (Å²) in [5, 5.41) is 0. The van der Waals surface area contributed by atoms with Crippen molar-refractivity contribution in [3.8, 4) is 0 Å². The first-order valence-electron chi connectivity index (χ1n) is 1.58. The minimum Gasteiger partial charge on any atom is -0.368 e. The summed E-state index contributed by atoms with van der Waals surface area (Å²) < 4.78 is 0. The molecule has 1 aromatic rings. The molecule has 0 radical (unpaired) electrons. The molecule has 7 heavy (non-hydrogen) atoms. The fourth-order valence-electron chi connectivity index (χ4n) is 0.278. The van der Waals surface area contributed by atoms with E-state index in [1.54, 1.807) is 0 Å². The normalized spacial score (nSPS) is 5.71. The van der Waals surface area contributed by atoms with E-state index in [-0.39, 0.29) is 18.2 Å². The van der Waals surface area contributed by atoms with Crippen molar-refractivity contribution in [3.05, 3.63) is 24.5 Å². The van der Waals surface area contributed by atoms with Gasteiger partial charge in [-0.3, -0.25) is 4.70 Å². The zero-order valence-electron chi connectivity index (χ0n) is 3.72. The van der Waals surface area contributed by atoms with Crippen LogP contribution in [0.25, 0.3) is 0 Å². The summed E-state index contributed by atoms with van der Waals surface area (Å²) in [6, 6.07) is 3.89. The summed E-state index contributed by atoms with van der Waals surface area (Å²) >= 11 is 0. The summed E-state index contributed by atoms with van der Waals surface area (Å²) in [5.41, 5.74) is 0. The molecule has 0 saturated carbocycles. The first-order chi connectivity index (χ1) is 2.50. The number of nitrogens with one attached hydrogen (secondary N) is 1. The largest absolute Gasteiger partial charge is 0.368 e. The predicted molar refractivity (Wildman–Crippen MR) is 33.7 cm³/mol. The Morgan fingerprint density at radius 2 is 1.43 bits per heavy atom. The lowest BCUT2D eigenvalue weighted by Gasteiger charge is -1.49. The van der Waals surface area contributed by atoms with Gasteiger partial charge < -0.3 is 4.98 Å². The van der Waals surface area contributed by atoms with Crippen molar-refractivity contribution in [2.45, 2.75) is 0 Å². The molecule has 0 aliphatic heterocycles. The minimum absolute atomic E-state index is 0. The average molecular weight is 121 g/mol. The molecule has 0 saturated heterocycles. The molecule has 1 nitrogen and oxygen atoms in total. The van der Waals surface area contributed by atoms with Crippen molar-refractivity contribution in [2.75, 3.05) is 0 Å². The molecular weight excluding hydrogens is 113 g/mol. The van der Waals surface area contributed by atoms with Gasteiger partial charge in [0.1, 0.15) is 0 Å². The van der Waals surface area contributed by atoms with Gasteiger partial charge in [-0.15, -0.1) is 0 Å². The van der Waals surface area contributed by atoms with Gasteiger partial charge in [0.25, 0.3) is 0 Å². The lowest BCUT2D eigenvalue weighted by molar-refractivity contribution is 1.11. The Labute approximate surface area is 48.6 Å². The van der Waals surface area contributed by atoms with Crippen molar-refractivity contribution in [2.24, 2.45) is 0 Å². The molecule has 0 aliphatic rings. The number of hydrogen-bond acceptors (Lipinski definition) is 0. The van der Waals surface area contributed by atoms with Crippen LogP contribution in [0.15, 0.2) is 24.5 Å². The smallest absolute Gasteiger partial charge is 0.000496 e. The van der Waals surface area contributed by atoms with Gasteiger partial charge in [0.2, 0.25) is 0 Å². The zero-order valence-corrected chi connectivity index (χ0v) is 4.72. The second kappa shape index (κ2) is 5.56. The summed E-state index contributed by atoms with van der Waals surface area (Å²) in [5.74, 6) is 0. The number of aromatic nitrogens is 1. The van der Waals surface area contributed by atoms with E-state index in [9.17, 15) is 0 Å². The summed E-state index contributed by atoms with van der Waals surface area (Å²) in [6.07, 6.45) is 3.75. The van der Waals surface area contributed by atoms with Crippen LogP contribution >= 0.6 is 13.5 Å². The van der Waals surface area contributed by atoms with Crippen LogP contribution in [0, 0.1) is 0 Å². The van der Waals surface area contributed by atoms with Gasteiger partial charge in [0.15, 0.2) is 0 Å². The molecule has 0 fully saturated rings. The molecule has 0 aliphatic carbocycles. The fraction of sp³-hybridized carbons (Fsp3) is 0. The van der Waals surface area contributed by atoms with Gasteiger partial charge >= 0.3 is 0 Å². The van der Waals surface area contributed by atoms with Gasteiger partial charge in [-0.2, -0.15) is 13.5 Å². The Kier molecular flexibility index (Phi) is 7.75. The Morgan fingerprint density at radius 3 is 1.57 bits per heavy atom. The Bertz CT molecular complexity index is 68.2. The maximum atomic E-state index is 2.86. The van der Waals surface area contributed by atoms with E-state index in [1.807, 2.05) is 24.5 Å². The number of aromatic amines is 1. The van der Waals surface area contributed by atoms with Crippen LogP contribution in [-0.2, 0) is 0 Å². The minimum atomic E-state index is 0. The van der Waals surface area contributed by atoms with E-state index >= 15 is 0 Å². The lowest BCUT2D eigenvalue weighted by Crippen LogP contribution is -1.38. The van der Waals surface area contributed by atoms with E-state index in [4.69, 9.17) is 0 Å². The second-order valence-corrected chi connectivity index (χ2v) is 0.885. The van der Waals surface area contributed by atoms with Crippen molar-refractivity contribution in [3.63, 3.8) is 0 Å². The summed E-state index contributed by atoms with van der Waals surface area (Å²) in [6.45, 7) is 0. The van der Waals surface area contributed by atoms with Gasteiger partial charge in [-0.25, -0.2) is 0 Å². The Balaban J connectivity index is 0. The van der Waals surface area contributed by atoms with Crippen LogP contribution in [0.3, 0.4) is 0 Å². The van der Waals surface area contributed by atoms with E-state index in [2.05, 4.69) is 4.98 Å². The van der Waals surface area contributed by atoms with E-state index in [0.29, 0.717) is 0 Å². The van der Waals surface area contributed by atoms with Crippen LogP contribution in [0.5, 0.6) is 0 Å². The number of hydrogen-bond donors (Lipinski definition) is 1. The number of rotatable bonds is 0. The van der Waals surface area contributed by atoms with Gasteiger partial charge in [-0.05, 0) is 12.1 Å². The number of halogens is 1. The topological polar surface area (TPSA) is 15.8 Å². The Morgan fingerprint density at radius 1 is 1.00 bits per heavy atom. The first kappa shape index (κ1) is 9.75. The molecule has 1 rings (SSSR count). The van der Waals surface area contributed by atoms with E-state index in [1.165, 1.54) is 0 Å². The first-order valence-corrected chi connectivity index (χ1v) is 1.58. The standard InChI is InChI=1S/C4H5N.FH.H2S/c1-2-4-5-3-1;;/h1-5H;1H;1H2. The third-order valence-electron chi connectivity index (χ3n) is 0.496. The molecule has 42 valence electrons. The van der Waals surface area contributed by atoms with E-state index in [0.717, 1.165) is 0 Å². The van der Waals surface area contributed by atoms with Gasteiger partial charge in [0.05, 0.1) is 0 Å². The van der Waals surface area contributed by atoms with Crippen LogP contribution in [0.2, 0.25) is 0 Å². The maximum Gasteiger partial charge on any atom is 0.000496 e. The highest BCUT2D eigenvalue weighted by atomic mass is 32.1. The van der Waals surface area contributed by atoms with Crippen LogP contribution in [-0.4, -0.2) is 4.98 Å². The van der Waals surface area contributed by atoms with Gasteiger partial charge in [-0.1, -0.05) is 0 Å². The molecule has 0 unspecified atom stereocenters. The molecular formula is C4H8FNS. The second-order valence-electron chi connectivity index (χ2n) is 0.885. The van der Waals surface area contributed by atoms with Crippen molar-refractivity contribution < 1.29 is 4.70 Å². The SMILES string of the molecule is F.S.c1cc[nH]c1. The quantitative estimate of drug-likeness (QED) is 0.532. The molecule has 0 aromatic carbocycles. The predicted octanol–water partition coefficient (Wildman–Crippen LogP) is 1.28. The third kappa shape index (κ3) is 3.39. The fourth-order valence-corrected chi connectivity index (χ4v) is 0.278. The average Bonchev–Trinajstić information content (AvgIpc) is 1.76. The molecule has 0 spiro atoms. The van der Waals surface area contributed by atoms with E-state index < -0.39 is 0 Å². The van der Waals surface area contributed by atoms with Crippen LogP contribution in [0.4, 0.5) is 4.70 Å². The van der Waals surface area contributed by atoms with Crippen molar-refractivity contribution >= 4 is 13.5 Å². The molecule has 1 N–H and O–H groups in total. The monoisotopic (exact) mass is 121 g/mol. The summed E-state index contributed by atoms with van der Waals surface area (Å²) in [4.78, 5) is 2.86. The Hall–Kier alpha value is -0.440. The lowest BCUT2D eigenvalue weighted by atomic mass is 10.7. The molecule has 1 aromatic heterocycles. The molecule has 0 atom stereocenters. The molecule has 0 bridgehead atoms. The maximum absolute atomic E-state index is 2.86.